The van der Waals surface area contributed by atoms with Crippen LogP contribution in [0.5, 0.6) is 0 Å². The van der Waals surface area contributed by atoms with Crippen LogP contribution in [0.2, 0.25) is 0 Å². The molecule has 1 unspecified atom stereocenters. The van der Waals surface area contributed by atoms with Gasteiger partial charge in [-0.2, -0.15) is 5.26 Å². The topological polar surface area (TPSA) is 61.6 Å². The monoisotopic (exact) mass is 292 g/mol. The molecule has 0 bridgehead atoms. The number of unbranched alkanes of at least 4 members (excludes halogenated alkanes) is 1. The number of aromatic nitrogens is 2. The number of hydrogen-bond acceptors (Lipinski definition) is 5. The summed E-state index contributed by atoms with van der Waals surface area (Å²) in [6.45, 7) is 8.82. The van der Waals surface area contributed by atoms with Gasteiger partial charge in [0.2, 0.25) is 0 Å². The molecule has 0 saturated carbocycles. The van der Waals surface area contributed by atoms with Crippen LogP contribution in [0.1, 0.15) is 44.5 Å². The van der Waals surface area contributed by atoms with E-state index in [1.54, 1.807) is 11.8 Å². The summed E-state index contributed by atoms with van der Waals surface area (Å²) in [5, 5.41) is 13.3. The maximum Gasteiger partial charge on any atom is 0.187 e. The van der Waals surface area contributed by atoms with Crippen molar-refractivity contribution >= 4 is 11.8 Å². The Kier molecular flexibility index (Phi) is 6.97. The minimum Gasteiger partial charge on any atom is -0.300 e. The lowest BCUT2D eigenvalue weighted by molar-refractivity contribution is 0.415. The molecule has 0 aliphatic heterocycles. The van der Waals surface area contributed by atoms with E-state index in [0.29, 0.717) is 0 Å². The molecule has 5 heteroatoms. The van der Waals surface area contributed by atoms with Gasteiger partial charge in [0, 0.05) is 17.1 Å². The van der Waals surface area contributed by atoms with Gasteiger partial charge in [0.25, 0.3) is 0 Å². The van der Waals surface area contributed by atoms with Crippen molar-refractivity contribution in [3.05, 3.63) is 17.5 Å². The lowest BCUT2D eigenvalue weighted by atomic mass is 9.97. The molecule has 0 fully saturated rings. The van der Waals surface area contributed by atoms with Crippen LogP contribution < -0.4 is 5.32 Å². The number of nitriles is 1. The average molecular weight is 292 g/mol. The van der Waals surface area contributed by atoms with Crippen molar-refractivity contribution in [3.8, 4) is 6.07 Å². The number of thioether (sulfide) groups is 1. The lowest BCUT2D eigenvalue weighted by Crippen LogP contribution is -2.40. The molecule has 0 aliphatic rings. The highest BCUT2D eigenvalue weighted by molar-refractivity contribution is 7.99. The third kappa shape index (κ3) is 5.89. The first-order valence-electron chi connectivity index (χ1n) is 7.10. The smallest absolute Gasteiger partial charge is 0.187 e. The first kappa shape index (κ1) is 16.9. The molecule has 20 heavy (non-hydrogen) atoms. The second kappa shape index (κ2) is 8.23. The minimum absolute atomic E-state index is 0.393. The second-order valence-electron chi connectivity index (χ2n) is 5.21. The van der Waals surface area contributed by atoms with Crippen LogP contribution in [-0.4, -0.2) is 27.8 Å². The van der Waals surface area contributed by atoms with Gasteiger partial charge in [-0.25, -0.2) is 9.97 Å². The van der Waals surface area contributed by atoms with Crippen LogP contribution in [0, 0.1) is 25.2 Å². The highest BCUT2D eigenvalue weighted by atomic mass is 32.2. The van der Waals surface area contributed by atoms with E-state index in [2.05, 4.69) is 21.4 Å². The van der Waals surface area contributed by atoms with Gasteiger partial charge in [-0.15, -0.1) is 0 Å². The minimum atomic E-state index is -0.393. The quantitative estimate of drug-likeness (QED) is 0.453. The SMILES string of the molecule is CCNC(C)(C#N)CCCCSc1nc(C)cc(C)n1. The van der Waals surface area contributed by atoms with E-state index in [0.717, 1.165) is 48.1 Å². The molecule has 110 valence electrons. The van der Waals surface area contributed by atoms with Crippen LogP contribution in [-0.2, 0) is 0 Å². The van der Waals surface area contributed by atoms with Gasteiger partial charge >= 0.3 is 0 Å². The Balaban J connectivity index is 2.30. The largest absolute Gasteiger partial charge is 0.300 e. The third-order valence-electron chi connectivity index (χ3n) is 3.08. The molecular formula is C15H24N4S. The van der Waals surface area contributed by atoms with Gasteiger partial charge in [-0.1, -0.05) is 18.7 Å². The third-order valence-corrected chi connectivity index (χ3v) is 4.01. The number of rotatable bonds is 8. The first-order valence-corrected chi connectivity index (χ1v) is 8.09. The van der Waals surface area contributed by atoms with Crippen molar-refractivity contribution < 1.29 is 0 Å². The number of nitrogens with one attached hydrogen (secondary N) is 1. The van der Waals surface area contributed by atoms with E-state index >= 15 is 0 Å². The number of hydrogen-bond donors (Lipinski definition) is 1. The van der Waals surface area contributed by atoms with Gasteiger partial charge in [-0.3, -0.25) is 5.32 Å². The fourth-order valence-corrected chi connectivity index (χ4v) is 3.02. The predicted octanol–water partition coefficient (Wildman–Crippen LogP) is 3.25. The Morgan fingerprint density at radius 1 is 1.30 bits per heavy atom. The van der Waals surface area contributed by atoms with Crippen LogP contribution in [0.3, 0.4) is 0 Å². The molecule has 0 radical (unpaired) electrons. The van der Waals surface area contributed by atoms with E-state index < -0.39 is 5.54 Å². The second-order valence-corrected chi connectivity index (χ2v) is 6.28. The Bertz CT molecular complexity index is 449. The molecule has 0 aromatic carbocycles. The van der Waals surface area contributed by atoms with E-state index in [4.69, 9.17) is 0 Å². The van der Waals surface area contributed by atoms with Gasteiger partial charge in [0.1, 0.15) is 5.54 Å². The maximum atomic E-state index is 9.17. The highest BCUT2D eigenvalue weighted by Gasteiger charge is 2.21. The van der Waals surface area contributed by atoms with Gasteiger partial charge in [0.15, 0.2) is 5.16 Å². The fourth-order valence-electron chi connectivity index (χ4n) is 2.08. The van der Waals surface area contributed by atoms with Crippen molar-refractivity contribution in [1.82, 2.24) is 15.3 Å². The summed E-state index contributed by atoms with van der Waals surface area (Å²) in [5.41, 5.74) is 1.64. The van der Waals surface area contributed by atoms with Crippen LogP contribution in [0.15, 0.2) is 11.2 Å². The standard InChI is InChI=1S/C15H24N4S/c1-5-17-15(4,11-16)8-6-7-9-20-14-18-12(2)10-13(3)19-14/h10,17H,5-9H2,1-4H3. The summed E-state index contributed by atoms with van der Waals surface area (Å²) in [6, 6.07) is 4.35. The molecular weight excluding hydrogens is 268 g/mol. The molecule has 0 aliphatic carbocycles. The molecule has 0 amide bonds. The molecule has 1 N–H and O–H groups in total. The molecule has 1 atom stereocenters. The summed E-state index contributed by atoms with van der Waals surface area (Å²) in [6.07, 6.45) is 2.99. The summed E-state index contributed by atoms with van der Waals surface area (Å²) >= 11 is 1.69. The van der Waals surface area contributed by atoms with E-state index in [-0.39, 0.29) is 0 Å². The summed E-state index contributed by atoms with van der Waals surface area (Å²) < 4.78 is 0. The molecule has 0 saturated heterocycles. The predicted molar refractivity (Wildman–Crippen MR) is 83.8 cm³/mol. The Morgan fingerprint density at radius 3 is 2.50 bits per heavy atom. The maximum absolute atomic E-state index is 9.17. The lowest BCUT2D eigenvalue weighted by Gasteiger charge is -2.22. The van der Waals surface area contributed by atoms with Gasteiger partial charge in [0.05, 0.1) is 6.07 Å². The Morgan fingerprint density at radius 2 is 1.95 bits per heavy atom. The fraction of sp³-hybridized carbons (Fsp3) is 0.667. The van der Waals surface area contributed by atoms with Crippen LogP contribution in [0.4, 0.5) is 0 Å². The summed E-state index contributed by atoms with van der Waals surface area (Å²) in [4.78, 5) is 8.83. The van der Waals surface area contributed by atoms with Crippen LogP contribution in [0.25, 0.3) is 0 Å². The van der Waals surface area contributed by atoms with Crippen molar-refractivity contribution in [3.63, 3.8) is 0 Å². The molecule has 4 nitrogen and oxygen atoms in total. The van der Waals surface area contributed by atoms with Crippen molar-refractivity contribution in [1.29, 1.82) is 5.26 Å². The number of nitrogens with zero attached hydrogens (tertiary/aromatic N) is 3. The first-order chi connectivity index (χ1) is 9.49. The summed E-state index contributed by atoms with van der Waals surface area (Å²) in [7, 11) is 0. The summed E-state index contributed by atoms with van der Waals surface area (Å²) in [5.74, 6) is 0.997. The normalized spacial score (nSPS) is 13.8. The number of aryl methyl sites for hydroxylation is 2. The molecule has 1 heterocycles. The average Bonchev–Trinajstić information content (AvgIpc) is 2.37. The van der Waals surface area contributed by atoms with Crippen molar-refractivity contribution in [2.45, 2.75) is 57.7 Å². The van der Waals surface area contributed by atoms with Gasteiger partial charge < -0.3 is 0 Å². The van der Waals surface area contributed by atoms with Crippen LogP contribution >= 0.6 is 11.8 Å². The highest BCUT2D eigenvalue weighted by Crippen LogP contribution is 2.18. The molecule has 1 aromatic heterocycles. The zero-order chi connectivity index (χ0) is 15.0. The molecule has 0 spiro atoms. The molecule has 1 aromatic rings. The van der Waals surface area contributed by atoms with E-state index in [1.807, 2.05) is 33.8 Å². The van der Waals surface area contributed by atoms with Gasteiger partial charge in [-0.05, 0) is 52.6 Å². The zero-order valence-corrected chi connectivity index (χ0v) is 13.7. The Hall–Kier alpha value is -1.12. The van der Waals surface area contributed by atoms with Crippen molar-refractivity contribution in [2.75, 3.05) is 12.3 Å². The van der Waals surface area contributed by atoms with E-state index in [1.165, 1.54) is 0 Å². The Labute approximate surface area is 126 Å². The molecule has 1 rings (SSSR count). The zero-order valence-electron chi connectivity index (χ0n) is 12.9. The van der Waals surface area contributed by atoms with E-state index in [9.17, 15) is 5.26 Å². The van der Waals surface area contributed by atoms with Crippen molar-refractivity contribution in [2.24, 2.45) is 0 Å².